The second-order valence-electron chi connectivity index (χ2n) is 28.0. The van der Waals surface area contributed by atoms with E-state index >= 15 is 0 Å². The number of rotatable bonds is 51. The van der Waals surface area contributed by atoms with E-state index in [1.165, 1.54) is 19.3 Å². The van der Waals surface area contributed by atoms with E-state index in [0.717, 1.165) is 89.9 Å². The highest BCUT2D eigenvalue weighted by atomic mass is 31.2. The SMILES string of the molecule is CCCCCCCCCCC[C@@H](O)CC(=O)N[C@H]1CO[C@H](CO[C@H]2O[C@H](CO[C@]3(C(O)O)C[C@@H](O[C@]4(CO)C[C@@H](O)[C@@H](O)[C@@H]([C@H](O)CO)O4)[C@@H](O[C@H]4O[C@H]([C@@H](O)CO)[C@@H](OP(=O)(O)OCC=N)[C@H](O)[C@@H]4O)[C@@H]([C@H](O)CO)O3)[C@@H](OP(=O)(O)O)C[C@H]2NC(=O)C[C@H](O)CCCCCCCCCCC)[C@@H](O)C1.O. The Morgan fingerprint density at radius 3 is 1.65 bits per heavy atom. The molecule has 5 rings (SSSR count). The topological polar surface area (TPSA) is 643 Å². The summed E-state index contributed by atoms with van der Waals surface area (Å²) in [5.41, 5.74) is 0. The number of aliphatic hydroxyl groups is 16. The van der Waals surface area contributed by atoms with Crippen LogP contribution in [0.1, 0.15) is 181 Å². The number of ether oxygens (including phenoxy) is 9. The summed E-state index contributed by atoms with van der Waals surface area (Å²) in [4.78, 5) is 58.1. The molecule has 0 aromatic heterocycles. The van der Waals surface area contributed by atoms with Gasteiger partial charge >= 0.3 is 15.6 Å². The molecule has 39 nitrogen and oxygen atoms in total. The van der Waals surface area contributed by atoms with Crippen LogP contribution in [0, 0.1) is 5.41 Å². The summed E-state index contributed by atoms with van der Waals surface area (Å²) >= 11 is 0. The molecule has 5 aliphatic heterocycles. The lowest BCUT2D eigenvalue weighted by atomic mass is 9.89. The molecule has 1 unspecified atom stereocenters. The van der Waals surface area contributed by atoms with Gasteiger partial charge in [-0.2, -0.15) is 0 Å². The summed E-state index contributed by atoms with van der Waals surface area (Å²) in [6.45, 7) is -3.53. The van der Waals surface area contributed by atoms with Crippen LogP contribution in [0.3, 0.4) is 0 Å². The van der Waals surface area contributed by atoms with E-state index in [4.69, 9.17) is 57.1 Å². The first-order valence-corrected chi connectivity index (χ1v) is 39.8. The monoisotopic (exact) mass is 1580 g/mol. The van der Waals surface area contributed by atoms with Gasteiger partial charge in [0.15, 0.2) is 18.4 Å². The van der Waals surface area contributed by atoms with Crippen LogP contribution in [-0.2, 0) is 74.9 Å². The molecule has 24 N–H and O–H groups in total. The van der Waals surface area contributed by atoms with Gasteiger partial charge in [0.25, 0.3) is 0 Å². The van der Waals surface area contributed by atoms with E-state index in [0.29, 0.717) is 19.1 Å². The van der Waals surface area contributed by atoms with Gasteiger partial charge < -0.3 is 161 Å². The number of phosphoric ester groups is 2. The van der Waals surface area contributed by atoms with Crippen molar-refractivity contribution in [3.8, 4) is 0 Å². The van der Waals surface area contributed by atoms with Crippen LogP contribution in [0.4, 0.5) is 0 Å². The van der Waals surface area contributed by atoms with E-state index in [2.05, 4.69) is 29.0 Å². The Morgan fingerprint density at radius 1 is 0.594 bits per heavy atom. The van der Waals surface area contributed by atoms with Gasteiger partial charge in [-0.3, -0.25) is 23.2 Å². The molecule has 106 heavy (non-hydrogen) atoms. The van der Waals surface area contributed by atoms with Crippen LogP contribution in [0.25, 0.3) is 0 Å². The highest BCUT2D eigenvalue weighted by molar-refractivity contribution is 7.47. The Morgan fingerprint density at radius 2 is 1.13 bits per heavy atom. The smallest absolute Gasteiger partial charge is 0.412 e. The number of phosphoric acid groups is 2. The lowest BCUT2D eigenvalue weighted by Gasteiger charge is -2.54. The first-order valence-electron chi connectivity index (χ1n) is 36.8. The van der Waals surface area contributed by atoms with E-state index in [9.17, 15) is 115 Å². The van der Waals surface area contributed by atoms with Crippen molar-refractivity contribution in [2.45, 2.75) is 339 Å². The van der Waals surface area contributed by atoms with Gasteiger partial charge in [0, 0.05) is 25.5 Å². The lowest BCUT2D eigenvalue weighted by Crippen LogP contribution is -2.70. The van der Waals surface area contributed by atoms with Crippen molar-refractivity contribution in [1.82, 2.24) is 10.6 Å². The predicted octanol–water partition coefficient (Wildman–Crippen LogP) is -3.33. The van der Waals surface area contributed by atoms with Crippen LogP contribution < -0.4 is 10.6 Å². The Labute approximate surface area is 616 Å². The van der Waals surface area contributed by atoms with Crippen molar-refractivity contribution in [1.29, 1.82) is 5.41 Å². The fraction of sp³-hybridized carbons (Fsp3) is 0.954. The average molecular weight is 1580 g/mol. The molecule has 5 aliphatic rings. The Bertz CT molecular complexity index is 2560. The van der Waals surface area contributed by atoms with Gasteiger partial charge in [-0.15, -0.1) is 0 Å². The zero-order chi connectivity index (χ0) is 77.7. The number of aliphatic hydroxyl groups excluding tert-OH is 15. The number of nitrogens with one attached hydrogen (secondary N) is 3. The number of unbranched alkanes of at least 4 members (excludes halogenated alkanes) is 16. The molecule has 0 radical (unpaired) electrons. The Hall–Kier alpha value is -2.21. The van der Waals surface area contributed by atoms with Crippen molar-refractivity contribution in [2.75, 3.05) is 52.9 Å². The molecule has 0 spiro atoms. The molecule has 2 amide bonds. The van der Waals surface area contributed by atoms with Crippen LogP contribution in [0.5, 0.6) is 0 Å². The maximum absolute atomic E-state index is 13.9. The number of hydrogen-bond acceptors (Lipinski definition) is 33. The van der Waals surface area contributed by atoms with E-state index in [1.807, 2.05) is 0 Å². The van der Waals surface area contributed by atoms with Crippen LogP contribution in [0.2, 0.25) is 0 Å². The fourth-order valence-corrected chi connectivity index (χ4v) is 15.0. The fourth-order valence-electron chi connectivity index (χ4n) is 13.6. The van der Waals surface area contributed by atoms with Crippen LogP contribution in [-0.4, -0.2) is 331 Å². The molecule has 0 bridgehead atoms. The maximum Gasteiger partial charge on any atom is 0.473 e. The molecule has 0 aromatic carbocycles. The summed E-state index contributed by atoms with van der Waals surface area (Å²) in [7, 11) is -10.9. The zero-order valence-corrected chi connectivity index (χ0v) is 62.2. The molecule has 41 heteroatoms. The Balaban J connectivity index is 0.0000238. The quantitative estimate of drug-likeness (QED) is 0.0123. The standard InChI is InChI=1S/C65H121N3O35P2.H2O/c1-3-5-7-9-11-13-15-17-19-21-39(73)26-51(80)67-38-25-42(75)49(92-34-38)35-93-61-41(68-52(81)27-40(74)22-20-18-16-14-12-10-8-6-4-2)28-47(102-104(87,88)89)50(96-61)36-94-65(63(85)86)30-48(99-64(37-72)29-43(76)53(82)56(100-64)44(77)31-69)59(58(101-65)46(79)33-71)98-62-55(84)54(83)60(57(97-62)45(78)32-70)103-105(90,91)95-24-23-66;/h23,38-50,53-63,66,69-79,82-86H,3-22,24-37H2,1-2H3,(H,67,80)(H,68,81)(H,90,91)(H2,87,88,89);1H2/t38-,39-,40-,41-,42+,43-,44-,45+,46-,47+,48-,49-,50-,53-,54-,55+,56-,57-,58-,59-,60+,61+,62-,64-,65-;/m1./s1. The molecule has 26 atom stereocenters. The highest BCUT2D eigenvalue weighted by Gasteiger charge is 2.61. The van der Waals surface area contributed by atoms with Crippen molar-refractivity contribution < 1.29 is 177 Å². The summed E-state index contributed by atoms with van der Waals surface area (Å²) < 4.78 is 95.4. The number of hydrogen-bond donors (Lipinski definition) is 22. The van der Waals surface area contributed by atoms with E-state index < -0.39 is 258 Å². The molecular weight excluding hydrogens is 1460 g/mol. The van der Waals surface area contributed by atoms with E-state index in [1.54, 1.807) is 0 Å². The molecular formula is C65H123N3O36P2. The zero-order valence-electron chi connectivity index (χ0n) is 60.4. The molecule has 5 fully saturated rings. The van der Waals surface area contributed by atoms with Gasteiger partial charge in [0.1, 0.15) is 85.5 Å². The summed E-state index contributed by atoms with van der Waals surface area (Å²) in [6, 6.07) is -2.17. The van der Waals surface area contributed by atoms with Crippen LogP contribution in [0.15, 0.2) is 0 Å². The number of amides is 2. The first kappa shape index (κ1) is 96.2. The third-order valence-electron chi connectivity index (χ3n) is 19.3. The minimum absolute atomic E-state index is 0. The highest BCUT2D eigenvalue weighted by Crippen LogP contribution is 2.49. The van der Waals surface area contributed by atoms with E-state index in [-0.39, 0.29) is 31.3 Å². The first-order chi connectivity index (χ1) is 49.8. The van der Waals surface area contributed by atoms with Gasteiger partial charge in [0.05, 0.1) is 108 Å². The summed E-state index contributed by atoms with van der Waals surface area (Å²) in [5.74, 6) is -7.17. The lowest BCUT2D eigenvalue weighted by molar-refractivity contribution is -0.435. The molecule has 0 aromatic rings. The Kier molecular flexibility index (Phi) is 43.6. The predicted molar refractivity (Wildman–Crippen MR) is 366 cm³/mol. The normalized spacial score (nSPS) is 33.7. The second kappa shape index (κ2) is 48.1. The second-order valence-corrected chi connectivity index (χ2v) is 30.6. The molecule has 624 valence electrons. The van der Waals surface area contributed by atoms with Gasteiger partial charge in [-0.1, -0.05) is 129 Å². The molecule has 5 saturated heterocycles. The van der Waals surface area contributed by atoms with Gasteiger partial charge in [-0.05, 0) is 19.3 Å². The maximum atomic E-state index is 13.9. The van der Waals surface area contributed by atoms with Crippen LogP contribution >= 0.6 is 15.6 Å². The molecule has 0 aliphatic carbocycles. The third kappa shape index (κ3) is 30.9. The summed E-state index contributed by atoms with van der Waals surface area (Å²) in [5, 5.41) is 189. The van der Waals surface area contributed by atoms with Crippen molar-refractivity contribution in [2.24, 2.45) is 0 Å². The third-order valence-corrected chi connectivity index (χ3v) is 20.8. The number of carbonyl (C=O) groups is 2. The minimum atomic E-state index is -5.63. The van der Waals surface area contributed by atoms with Gasteiger partial charge in [0.2, 0.25) is 23.9 Å². The molecule has 5 heterocycles. The van der Waals surface area contributed by atoms with Crippen molar-refractivity contribution >= 4 is 33.7 Å². The van der Waals surface area contributed by atoms with Crippen molar-refractivity contribution in [3.05, 3.63) is 0 Å². The summed E-state index contributed by atoms with van der Waals surface area (Å²) in [6.07, 6.45) is -28.4. The average Bonchev–Trinajstić information content (AvgIpc) is 0.747. The number of carbonyl (C=O) groups excluding carboxylic acids is 2. The minimum Gasteiger partial charge on any atom is -0.412 e. The van der Waals surface area contributed by atoms with Crippen molar-refractivity contribution in [3.63, 3.8) is 0 Å². The largest absolute Gasteiger partial charge is 0.473 e. The van der Waals surface area contributed by atoms with Gasteiger partial charge in [-0.25, -0.2) is 9.13 Å². The molecule has 0 saturated carbocycles.